The highest BCUT2D eigenvalue weighted by Gasteiger charge is 2.01. The number of benzene rings is 1. The number of hydrogen-bond acceptors (Lipinski definition) is 4. The van der Waals surface area contributed by atoms with E-state index in [2.05, 4.69) is 15.4 Å². The fourth-order valence-corrected chi connectivity index (χ4v) is 1.89. The summed E-state index contributed by atoms with van der Waals surface area (Å²) in [6.07, 6.45) is 5.31. The number of aromatic nitrogens is 3. The van der Waals surface area contributed by atoms with E-state index in [0.29, 0.717) is 12.3 Å². The van der Waals surface area contributed by atoms with Crippen LogP contribution in [0.1, 0.15) is 5.56 Å². The lowest BCUT2D eigenvalue weighted by Gasteiger charge is -2.08. The average molecular weight is 266 g/mol. The molecule has 0 saturated heterocycles. The molecule has 0 atom stereocenters. The van der Waals surface area contributed by atoms with Gasteiger partial charge in [-0.1, -0.05) is 18.2 Å². The molecule has 2 aromatic heterocycles. The zero-order valence-electron chi connectivity index (χ0n) is 10.8. The number of para-hydroxylation sites is 1. The van der Waals surface area contributed by atoms with Crippen molar-refractivity contribution in [2.24, 2.45) is 0 Å². The second-order valence-electron chi connectivity index (χ2n) is 4.34. The van der Waals surface area contributed by atoms with Gasteiger partial charge < -0.3 is 10.4 Å². The summed E-state index contributed by atoms with van der Waals surface area (Å²) in [6.45, 7) is 0.551. The van der Waals surface area contributed by atoms with Gasteiger partial charge in [0.15, 0.2) is 5.82 Å². The smallest absolute Gasteiger partial charge is 0.153 e. The van der Waals surface area contributed by atoms with Crippen molar-refractivity contribution in [3.63, 3.8) is 0 Å². The van der Waals surface area contributed by atoms with Gasteiger partial charge in [0.1, 0.15) is 5.75 Å². The van der Waals surface area contributed by atoms with Crippen molar-refractivity contribution >= 4 is 5.69 Å². The predicted octanol–water partition coefficient (Wildman–Crippen LogP) is 2.58. The molecular formula is C15H14N4O. The maximum Gasteiger partial charge on any atom is 0.153 e. The average Bonchev–Trinajstić information content (AvgIpc) is 3.01. The van der Waals surface area contributed by atoms with Gasteiger partial charge >= 0.3 is 0 Å². The number of nitrogens with one attached hydrogen (secondary N) is 1. The summed E-state index contributed by atoms with van der Waals surface area (Å²) in [5.41, 5.74) is 1.74. The predicted molar refractivity (Wildman–Crippen MR) is 76.8 cm³/mol. The minimum atomic E-state index is 0.293. The second kappa shape index (κ2) is 5.44. The lowest BCUT2D eigenvalue weighted by molar-refractivity contribution is 0.469. The van der Waals surface area contributed by atoms with E-state index in [1.807, 2.05) is 36.5 Å². The summed E-state index contributed by atoms with van der Waals surface area (Å²) in [4.78, 5) is 4.33. The van der Waals surface area contributed by atoms with Crippen molar-refractivity contribution in [1.82, 2.24) is 14.8 Å². The van der Waals surface area contributed by atoms with Crippen LogP contribution in [0.2, 0.25) is 0 Å². The topological polar surface area (TPSA) is 63.0 Å². The standard InChI is InChI=1S/C15H14N4O/c20-14-5-2-1-4-12(14)10-16-13-6-7-15(17-11-13)19-9-3-8-18-19/h1-9,11,16,20H,10H2. The van der Waals surface area contributed by atoms with Crippen molar-refractivity contribution in [3.05, 3.63) is 66.6 Å². The third-order valence-electron chi connectivity index (χ3n) is 2.96. The summed E-state index contributed by atoms with van der Waals surface area (Å²) in [5.74, 6) is 1.06. The van der Waals surface area contributed by atoms with Gasteiger partial charge in [0.2, 0.25) is 0 Å². The third-order valence-corrected chi connectivity index (χ3v) is 2.96. The highest BCUT2D eigenvalue weighted by Crippen LogP contribution is 2.17. The number of phenolic OH excluding ortho intramolecular Hbond substituents is 1. The Kier molecular flexibility index (Phi) is 3.33. The number of anilines is 1. The van der Waals surface area contributed by atoms with Crippen LogP contribution in [0.5, 0.6) is 5.75 Å². The quantitative estimate of drug-likeness (QED) is 0.762. The van der Waals surface area contributed by atoms with Crippen molar-refractivity contribution in [2.75, 3.05) is 5.32 Å². The molecule has 2 N–H and O–H groups in total. The Labute approximate surface area is 116 Å². The maximum absolute atomic E-state index is 9.69. The number of nitrogens with zero attached hydrogens (tertiary/aromatic N) is 3. The first-order valence-corrected chi connectivity index (χ1v) is 6.30. The van der Waals surface area contributed by atoms with E-state index in [-0.39, 0.29) is 0 Å². The first kappa shape index (κ1) is 12.2. The molecule has 0 unspecified atom stereocenters. The normalized spacial score (nSPS) is 10.4. The number of aromatic hydroxyl groups is 1. The zero-order valence-corrected chi connectivity index (χ0v) is 10.8. The van der Waals surface area contributed by atoms with E-state index in [9.17, 15) is 5.11 Å². The van der Waals surface area contributed by atoms with Crippen LogP contribution in [0.15, 0.2) is 61.1 Å². The van der Waals surface area contributed by atoms with Crippen LogP contribution in [-0.4, -0.2) is 19.9 Å². The van der Waals surface area contributed by atoms with Gasteiger partial charge in [0.05, 0.1) is 11.9 Å². The van der Waals surface area contributed by atoms with Crippen LogP contribution in [0, 0.1) is 0 Å². The van der Waals surface area contributed by atoms with Crippen LogP contribution < -0.4 is 5.32 Å². The fraction of sp³-hybridized carbons (Fsp3) is 0.0667. The molecule has 1 aromatic carbocycles. The Hall–Kier alpha value is -2.82. The SMILES string of the molecule is Oc1ccccc1CNc1ccc(-n2cccn2)nc1. The maximum atomic E-state index is 9.69. The molecule has 0 aliphatic carbocycles. The number of hydrogen-bond donors (Lipinski definition) is 2. The van der Waals surface area contributed by atoms with E-state index in [0.717, 1.165) is 17.1 Å². The summed E-state index contributed by atoms with van der Waals surface area (Å²) in [7, 11) is 0. The van der Waals surface area contributed by atoms with E-state index in [1.54, 1.807) is 29.2 Å². The Morgan fingerprint density at radius 2 is 2.00 bits per heavy atom. The molecule has 20 heavy (non-hydrogen) atoms. The molecule has 100 valence electrons. The molecule has 3 rings (SSSR count). The number of rotatable bonds is 4. The van der Waals surface area contributed by atoms with Gasteiger partial charge in [0, 0.05) is 24.5 Å². The van der Waals surface area contributed by atoms with Gasteiger partial charge in [-0.3, -0.25) is 0 Å². The summed E-state index contributed by atoms with van der Waals surface area (Å²) >= 11 is 0. The first-order chi connectivity index (χ1) is 9.83. The first-order valence-electron chi connectivity index (χ1n) is 6.30. The zero-order chi connectivity index (χ0) is 13.8. The Bertz CT molecular complexity index is 677. The molecule has 5 nitrogen and oxygen atoms in total. The largest absolute Gasteiger partial charge is 0.508 e. The van der Waals surface area contributed by atoms with E-state index >= 15 is 0 Å². The van der Waals surface area contributed by atoms with Gasteiger partial charge in [-0.15, -0.1) is 0 Å². The summed E-state index contributed by atoms with van der Waals surface area (Å²) in [5, 5.41) is 17.0. The second-order valence-corrected chi connectivity index (χ2v) is 4.34. The summed E-state index contributed by atoms with van der Waals surface area (Å²) < 4.78 is 1.70. The molecule has 5 heteroatoms. The molecule has 3 aromatic rings. The Balaban J connectivity index is 1.68. The molecule has 0 aliphatic rings. The lowest BCUT2D eigenvalue weighted by atomic mass is 10.2. The molecule has 0 bridgehead atoms. The van der Waals surface area contributed by atoms with Crippen LogP contribution >= 0.6 is 0 Å². The fourth-order valence-electron chi connectivity index (χ4n) is 1.89. The van der Waals surface area contributed by atoms with E-state index < -0.39 is 0 Å². The lowest BCUT2D eigenvalue weighted by Crippen LogP contribution is -2.02. The Morgan fingerprint density at radius 1 is 1.10 bits per heavy atom. The van der Waals surface area contributed by atoms with Gasteiger partial charge in [-0.25, -0.2) is 9.67 Å². The molecule has 2 heterocycles. The van der Waals surface area contributed by atoms with Gasteiger partial charge in [0.25, 0.3) is 0 Å². The Morgan fingerprint density at radius 3 is 2.70 bits per heavy atom. The number of pyridine rings is 1. The van der Waals surface area contributed by atoms with E-state index in [1.165, 1.54) is 0 Å². The molecule has 0 amide bonds. The highest BCUT2D eigenvalue weighted by molar-refractivity contribution is 5.45. The third kappa shape index (κ3) is 2.61. The monoisotopic (exact) mass is 266 g/mol. The molecular weight excluding hydrogens is 252 g/mol. The minimum absolute atomic E-state index is 0.293. The van der Waals surface area contributed by atoms with E-state index in [4.69, 9.17) is 0 Å². The van der Waals surface area contributed by atoms with Crippen LogP contribution in [0.3, 0.4) is 0 Å². The van der Waals surface area contributed by atoms with Crippen LogP contribution in [0.25, 0.3) is 5.82 Å². The molecule has 0 aliphatic heterocycles. The van der Waals surface area contributed by atoms with Crippen LogP contribution in [0.4, 0.5) is 5.69 Å². The molecule has 0 spiro atoms. The van der Waals surface area contributed by atoms with Crippen molar-refractivity contribution < 1.29 is 5.11 Å². The highest BCUT2D eigenvalue weighted by atomic mass is 16.3. The minimum Gasteiger partial charge on any atom is -0.508 e. The van der Waals surface area contributed by atoms with Crippen LogP contribution in [-0.2, 0) is 6.54 Å². The molecule has 0 saturated carbocycles. The molecule has 0 radical (unpaired) electrons. The van der Waals surface area contributed by atoms with Crippen molar-refractivity contribution in [2.45, 2.75) is 6.54 Å². The van der Waals surface area contributed by atoms with Crippen molar-refractivity contribution in [3.8, 4) is 11.6 Å². The summed E-state index contributed by atoms with van der Waals surface area (Å²) in [6, 6.07) is 12.9. The molecule has 0 fully saturated rings. The van der Waals surface area contributed by atoms with Gasteiger partial charge in [-0.2, -0.15) is 5.10 Å². The van der Waals surface area contributed by atoms with Gasteiger partial charge in [-0.05, 0) is 24.3 Å². The number of phenols is 1. The van der Waals surface area contributed by atoms with Crippen molar-refractivity contribution in [1.29, 1.82) is 0 Å².